The molecule has 0 aliphatic rings. The molecule has 18 heavy (non-hydrogen) atoms. The summed E-state index contributed by atoms with van der Waals surface area (Å²) < 4.78 is 6.10. The summed E-state index contributed by atoms with van der Waals surface area (Å²) in [6.07, 6.45) is 1.60. The van der Waals surface area contributed by atoms with Gasteiger partial charge in [-0.25, -0.2) is 4.98 Å². The van der Waals surface area contributed by atoms with E-state index in [4.69, 9.17) is 0 Å². The number of hydrogen-bond acceptors (Lipinski definition) is 5. The van der Waals surface area contributed by atoms with Gasteiger partial charge in [-0.15, -0.1) is 0 Å². The maximum Gasteiger partial charge on any atom is 0.174 e. The Morgan fingerprint density at radius 1 is 1.44 bits per heavy atom. The van der Waals surface area contributed by atoms with Crippen LogP contribution in [0, 0.1) is 0 Å². The van der Waals surface area contributed by atoms with Crippen molar-refractivity contribution < 1.29 is 0 Å². The van der Waals surface area contributed by atoms with Crippen LogP contribution >= 0.6 is 39.2 Å². The summed E-state index contributed by atoms with van der Waals surface area (Å²) in [5.41, 5.74) is 1.28. The van der Waals surface area contributed by atoms with Gasteiger partial charge in [-0.3, -0.25) is 0 Å². The molecule has 1 heterocycles. The van der Waals surface area contributed by atoms with Crippen LogP contribution in [0.1, 0.15) is 19.4 Å². The van der Waals surface area contributed by atoms with Gasteiger partial charge in [-0.2, -0.15) is 4.37 Å². The standard InChI is InChI=1S/C12H14BrN3S2/c1-8(2)14-6-9-5-10(13)3-4-11(9)17-12-15-7-16-18-12/h3-5,7-8,14H,6H2,1-2H3. The molecule has 0 aliphatic carbocycles. The smallest absolute Gasteiger partial charge is 0.174 e. The fraction of sp³-hybridized carbons (Fsp3) is 0.333. The van der Waals surface area contributed by atoms with Gasteiger partial charge in [0, 0.05) is 22.0 Å². The van der Waals surface area contributed by atoms with Gasteiger partial charge in [0.2, 0.25) is 0 Å². The van der Waals surface area contributed by atoms with Gasteiger partial charge in [0.15, 0.2) is 4.34 Å². The van der Waals surface area contributed by atoms with Gasteiger partial charge in [-0.1, -0.05) is 41.5 Å². The zero-order valence-electron chi connectivity index (χ0n) is 10.2. The maximum atomic E-state index is 4.21. The molecule has 0 aliphatic heterocycles. The van der Waals surface area contributed by atoms with Crippen molar-refractivity contribution in [1.29, 1.82) is 0 Å². The van der Waals surface area contributed by atoms with Gasteiger partial charge in [0.05, 0.1) is 0 Å². The fourth-order valence-corrected chi connectivity index (χ4v) is 3.32. The summed E-state index contributed by atoms with van der Waals surface area (Å²) in [5, 5.41) is 3.44. The highest BCUT2D eigenvalue weighted by atomic mass is 79.9. The van der Waals surface area contributed by atoms with Gasteiger partial charge in [-0.05, 0) is 35.3 Å². The fourth-order valence-electron chi connectivity index (χ4n) is 1.40. The highest BCUT2D eigenvalue weighted by Gasteiger charge is 2.08. The summed E-state index contributed by atoms with van der Waals surface area (Å²) in [7, 11) is 0. The number of nitrogens with zero attached hydrogens (tertiary/aromatic N) is 2. The molecule has 0 spiro atoms. The van der Waals surface area contributed by atoms with Crippen LogP contribution in [0.5, 0.6) is 0 Å². The third-order valence-electron chi connectivity index (χ3n) is 2.26. The van der Waals surface area contributed by atoms with Crippen molar-refractivity contribution in [3.8, 4) is 0 Å². The van der Waals surface area contributed by atoms with E-state index in [9.17, 15) is 0 Å². The number of halogens is 1. The lowest BCUT2D eigenvalue weighted by Gasteiger charge is -2.12. The van der Waals surface area contributed by atoms with Crippen molar-refractivity contribution in [2.75, 3.05) is 0 Å². The number of benzene rings is 1. The minimum atomic E-state index is 0.475. The summed E-state index contributed by atoms with van der Waals surface area (Å²) in [5.74, 6) is 0. The van der Waals surface area contributed by atoms with Crippen molar-refractivity contribution >= 4 is 39.2 Å². The zero-order valence-corrected chi connectivity index (χ0v) is 13.4. The molecule has 96 valence electrons. The van der Waals surface area contributed by atoms with Gasteiger partial charge in [0.25, 0.3) is 0 Å². The molecule has 0 atom stereocenters. The summed E-state index contributed by atoms with van der Waals surface area (Å²) >= 11 is 6.61. The molecule has 6 heteroatoms. The predicted octanol–water partition coefficient (Wildman–Crippen LogP) is 3.95. The first-order valence-electron chi connectivity index (χ1n) is 5.61. The van der Waals surface area contributed by atoms with Crippen LogP contribution in [-0.2, 0) is 6.54 Å². The average molecular weight is 344 g/mol. The lowest BCUT2D eigenvalue weighted by molar-refractivity contribution is 0.584. The molecular formula is C12H14BrN3S2. The first kappa shape index (κ1) is 14.0. The first-order chi connectivity index (χ1) is 8.65. The molecule has 0 bridgehead atoms. The van der Waals surface area contributed by atoms with E-state index in [1.54, 1.807) is 18.1 Å². The first-order valence-corrected chi connectivity index (χ1v) is 8.00. The van der Waals surface area contributed by atoms with Crippen LogP contribution in [0.25, 0.3) is 0 Å². The van der Waals surface area contributed by atoms with E-state index in [1.807, 2.05) is 0 Å². The Morgan fingerprint density at radius 3 is 2.94 bits per heavy atom. The largest absolute Gasteiger partial charge is 0.310 e. The molecule has 0 radical (unpaired) electrons. The Kier molecular flexibility index (Phi) is 5.17. The monoisotopic (exact) mass is 343 g/mol. The topological polar surface area (TPSA) is 37.8 Å². The van der Waals surface area contributed by atoms with E-state index >= 15 is 0 Å². The quantitative estimate of drug-likeness (QED) is 0.891. The molecule has 1 aromatic carbocycles. The number of rotatable bonds is 5. The van der Waals surface area contributed by atoms with Crippen LogP contribution in [0.3, 0.4) is 0 Å². The Hall–Kier alpha value is -0.430. The SMILES string of the molecule is CC(C)NCc1cc(Br)ccc1Sc1ncns1. The number of aromatic nitrogens is 2. The van der Waals surface area contributed by atoms with Crippen molar-refractivity contribution in [2.24, 2.45) is 0 Å². The lowest BCUT2D eigenvalue weighted by Crippen LogP contribution is -2.22. The molecule has 0 saturated carbocycles. The number of hydrogen-bond donors (Lipinski definition) is 1. The zero-order chi connectivity index (χ0) is 13.0. The Balaban J connectivity index is 2.17. The van der Waals surface area contributed by atoms with Crippen LogP contribution in [0.4, 0.5) is 0 Å². The van der Waals surface area contributed by atoms with E-state index in [-0.39, 0.29) is 0 Å². The third kappa shape index (κ3) is 4.05. The molecule has 3 nitrogen and oxygen atoms in total. The highest BCUT2D eigenvalue weighted by Crippen LogP contribution is 2.32. The van der Waals surface area contributed by atoms with Crippen LogP contribution < -0.4 is 5.32 Å². The number of nitrogens with one attached hydrogen (secondary N) is 1. The van der Waals surface area contributed by atoms with E-state index in [0.717, 1.165) is 15.4 Å². The molecule has 0 amide bonds. The van der Waals surface area contributed by atoms with Crippen molar-refractivity contribution in [3.05, 3.63) is 34.6 Å². The second-order valence-corrected chi connectivity index (χ2v) is 7.08. The van der Waals surface area contributed by atoms with Gasteiger partial charge in [0.1, 0.15) is 6.33 Å². The van der Waals surface area contributed by atoms with Gasteiger partial charge >= 0.3 is 0 Å². The van der Waals surface area contributed by atoms with Crippen LogP contribution in [-0.4, -0.2) is 15.4 Å². The molecule has 1 aromatic heterocycles. The van der Waals surface area contributed by atoms with Crippen LogP contribution in [0.15, 0.2) is 38.2 Å². The summed E-state index contributed by atoms with van der Waals surface area (Å²) in [6, 6.07) is 6.80. The van der Waals surface area contributed by atoms with E-state index in [1.165, 1.54) is 22.0 Å². The third-order valence-corrected chi connectivity index (χ3v) is 4.59. The van der Waals surface area contributed by atoms with Crippen molar-refractivity contribution in [3.63, 3.8) is 0 Å². The highest BCUT2D eigenvalue weighted by molar-refractivity contribution is 9.10. The van der Waals surface area contributed by atoms with Crippen molar-refractivity contribution in [1.82, 2.24) is 14.7 Å². The van der Waals surface area contributed by atoms with Crippen molar-refractivity contribution in [2.45, 2.75) is 35.7 Å². The summed E-state index contributed by atoms with van der Waals surface area (Å²) in [6.45, 7) is 5.16. The summed E-state index contributed by atoms with van der Waals surface area (Å²) in [4.78, 5) is 5.43. The Labute approximate surface area is 124 Å². The average Bonchev–Trinajstić information content (AvgIpc) is 2.82. The molecule has 1 N–H and O–H groups in total. The second kappa shape index (κ2) is 6.65. The molecule has 0 fully saturated rings. The van der Waals surface area contributed by atoms with Gasteiger partial charge < -0.3 is 5.32 Å². The normalized spacial score (nSPS) is 11.1. The Morgan fingerprint density at radius 2 is 2.28 bits per heavy atom. The lowest BCUT2D eigenvalue weighted by atomic mass is 10.2. The minimum Gasteiger partial charge on any atom is -0.310 e. The molecule has 2 rings (SSSR count). The molecule has 0 saturated heterocycles. The van der Waals surface area contributed by atoms with E-state index in [0.29, 0.717) is 6.04 Å². The molecule has 2 aromatic rings. The predicted molar refractivity (Wildman–Crippen MR) is 80.1 cm³/mol. The van der Waals surface area contributed by atoms with E-state index in [2.05, 4.69) is 62.7 Å². The van der Waals surface area contributed by atoms with Crippen LogP contribution in [0.2, 0.25) is 0 Å². The second-order valence-electron chi connectivity index (χ2n) is 4.10. The maximum absolute atomic E-state index is 4.21. The Bertz CT molecular complexity index is 500. The van der Waals surface area contributed by atoms with E-state index < -0.39 is 0 Å². The molecular weight excluding hydrogens is 330 g/mol. The minimum absolute atomic E-state index is 0.475. The molecule has 0 unspecified atom stereocenters.